The first-order valence-electron chi connectivity index (χ1n) is 9.11. The molecule has 0 aliphatic carbocycles. The Morgan fingerprint density at radius 2 is 1.52 bits per heavy atom. The van der Waals surface area contributed by atoms with Crippen molar-refractivity contribution < 1.29 is 38.1 Å². The molecular weight excluding hydrogens is 380 g/mol. The molecule has 0 fully saturated rings. The summed E-state index contributed by atoms with van der Waals surface area (Å²) in [6.45, 7) is 3.60. The van der Waals surface area contributed by atoms with Crippen molar-refractivity contribution in [1.29, 1.82) is 0 Å². The van der Waals surface area contributed by atoms with Crippen LogP contribution in [0.15, 0.2) is 42.5 Å². The van der Waals surface area contributed by atoms with E-state index in [1.807, 2.05) is 0 Å². The van der Waals surface area contributed by atoms with E-state index in [0.29, 0.717) is 11.5 Å². The van der Waals surface area contributed by atoms with Crippen LogP contribution < -0.4 is 14.2 Å². The van der Waals surface area contributed by atoms with Gasteiger partial charge in [0.2, 0.25) is 6.10 Å². The average Bonchev–Trinajstić information content (AvgIpc) is 2.73. The minimum absolute atomic E-state index is 0.00827. The first kappa shape index (κ1) is 20.2. The summed E-state index contributed by atoms with van der Waals surface area (Å²) in [7, 11) is 0. The zero-order chi connectivity index (χ0) is 20.8. The fourth-order valence-electron chi connectivity index (χ4n) is 2.64. The lowest BCUT2D eigenvalue weighted by Gasteiger charge is -2.24. The molecule has 0 aromatic heterocycles. The molecule has 1 heterocycles. The molecule has 0 saturated carbocycles. The maximum absolute atomic E-state index is 12.5. The monoisotopic (exact) mass is 400 g/mol. The molecule has 8 nitrogen and oxygen atoms in total. The Bertz CT molecular complexity index is 884. The Morgan fingerprint density at radius 1 is 0.931 bits per heavy atom. The van der Waals surface area contributed by atoms with E-state index in [0.717, 1.165) is 0 Å². The number of benzene rings is 2. The summed E-state index contributed by atoms with van der Waals surface area (Å²) in [6, 6.07) is 10.9. The van der Waals surface area contributed by atoms with Gasteiger partial charge in [0.05, 0.1) is 24.3 Å². The van der Waals surface area contributed by atoms with Gasteiger partial charge in [-0.2, -0.15) is 0 Å². The standard InChI is InChI=1S/C21H20O8/c1-3-25-19(22)13-9-14(20(23)26-4-2)11-15(10-13)28-21(24)18-12-27-16-7-5-6-8-17(16)29-18/h5-11,18H,3-4,12H2,1-2H3/t18-/m0/s1. The third kappa shape index (κ3) is 4.84. The van der Waals surface area contributed by atoms with Crippen LogP contribution in [-0.4, -0.2) is 43.8 Å². The second-order valence-corrected chi connectivity index (χ2v) is 5.97. The number of hydrogen-bond donors (Lipinski definition) is 0. The van der Waals surface area contributed by atoms with Gasteiger partial charge in [-0.15, -0.1) is 0 Å². The van der Waals surface area contributed by atoms with E-state index >= 15 is 0 Å². The van der Waals surface area contributed by atoms with Crippen molar-refractivity contribution in [3.63, 3.8) is 0 Å². The fraction of sp³-hybridized carbons (Fsp3) is 0.286. The minimum atomic E-state index is -0.998. The van der Waals surface area contributed by atoms with Crippen LogP contribution in [0.2, 0.25) is 0 Å². The van der Waals surface area contributed by atoms with Crippen LogP contribution in [0.4, 0.5) is 0 Å². The molecule has 1 atom stereocenters. The van der Waals surface area contributed by atoms with Crippen LogP contribution >= 0.6 is 0 Å². The topological polar surface area (TPSA) is 97.4 Å². The molecule has 0 saturated heterocycles. The lowest BCUT2D eigenvalue weighted by molar-refractivity contribution is -0.144. The Hall–Kier alpha value is -3.55. The van der Waals surface area contributed by atoms with Gasteiger partial charge in [-0.1, -0.05) is 12.1 Å². The average molecular weight is 400 g/mol. The van der Waals surface area contributed by atoms with Crippen molar-refractivity contribution in [1.82, 2.24) is 0 Å². The van der Waals surface area contributed by atoms with Crippen LogP contribution in [0.1, 0.15) is 34.6 Å². The maximum atomic E-state index is 12.5. The molecule has 0 amide bonds. The third-order valence-electron chi connectivity index (χ3n) is 3.92. The fourth-order valence-corrected chi connectivity index (χ4v) is 2.64. The molecule has 0 N–H and O–H groups in total. The predicted octanol–water partition coefficient (Wildman–Crippen LogP) is 2.79. The van der Waals surface area contributed by atoms with Crippen molar-refractivity contribution in [2.24, 2.45) is 0 Å². The quantitative estimate of drug-likeness (QED) is 0.539. The zero-order valence-electron chi connectivity index (χ0n) is 16.0. The molecule has 29 heavy (non-hydrogen) atoms. The van der Waals surface area contributed by atoms with Gasteiger partial charge in [0, 0.05) is 0 Å². The maximum Gasteiger partial charge on any atom is 0.356 e. The van der Waals surface area contributed by atoms with E-state index in [9.17, 15) is 14.4 Å². The van der Waals surface area contributed by atoms with E-state index in [-0.39, 0.29) is 36.7 Å². The second-order valence-electron chi connectivity index (χ2n) is 5.97. The van der Waals surface area contributed by atoms with Crippen LogP contribution in [0, 0.1) is 0 Å². The van der Waals surface area contributed by atoms with Gasteiger partial charge in [0.15, 0.2) is 11.5 Å². The lowest BCUT2D eigenvalue weighted by Crippen LogP contribution is -2.39. The summed E-state index contributed by atoms with van der Waals surface area (Å²) >= 11 is 0. The summed E-state index contributed by atoms with van der Waals surface area (Å²) in [4.78, 5) is 36.7. The smallest absolute Gasteiger partial charge is 0.356 e. The number of carbonyl (C=O) groups is 3. The highest BCUT2D eigenvalue weighted by atomic mass is 16.6. The van der Waals surface area contributed by atoms with Gasteiger partial charge in [-0.25, -0.2) is 14.4 Å². The molecule has 0 bridgehead atoms. The Balaban J connectivity index is 1.80. The van der Waals surface area contributed by atoms with Crippen LogP contribution in [-0.2, 0) is 14.3 Å². The number of ether oxygens (including phenoxy) is 5. The molecule has 0 radical (unpaired) electrons. The van der Waals surface area contributed by atoms with Gasteiger partial charge in [0.25, 0.3) is 0 Å². The molecule has 1 aliphatic heterocycles. The number of esters is 3. The number of rotatable bonds is 6. The molecular formula is C21H20O8. The molecule has 0 unspecified atom stereocenters. The van der Waals surface area contributed by atoms with Crippen molar-refractivity contribution in [2.45, 2.75) is 20.0 Å². The molecule has 0 spiro atoms. The van der Waals surface area contributed by atoms with Crippen molar-refractivity contribution >= 4 is 17.9 Å². The highest BCUT2D eigenvalue weighted by Crippen LogP contribution is 2.31. The Kier molecular flexibility index (Phi) is 6.33. The molecule has 1 aliphatic rings. The highest BCUT2D eigenvalue weighted by molar-refractivity contribution is 5.96. The normalized spacial score (nSPS) is 14.6. The molecule has 2 aromatic carbocycles. The number of carbonyl (C=O) groups excluding carboxylic acids is 3. The van der Waals surface area contributed by atoms with E-state index in [1.165, 1.54) is 18.2 Å². The van der Waals surface area contributed by atoms with E-state index in [1.54, 1.807) is 38.1 Å². The summed E-state index contributed by atoms with van der Waals surface area (Å²) in [6.07, 6.45) is -0.998. The first-order chi connectivity index (χ1) is 14.0. The number of fused-ring (bicyclic) bond motifs is 1. The summed E-state index contributed by atoms with van der Waals surface area (Å²) in [5, 5.41) is 0. The molecule has 3 rings (SSSR count). The first-order valence-corrected chi connectivity index (χ1v) is 9.11. The Morgan fingerprint density at radius 3 is 2.10 bits per heavy atom. The van der Waals surface area contributed by atoms with Crippen LogP contribution in [0.25, 0.3) is 0 Å². The van der Waals surface area contributed by atoms with E-state index < -0.39 is 24.0 Å². The van der Waals surface area contributed by atoms with Gasteiger partial charge in [-0.05, 0) is 44.2 Å². The highest BCUT2D eigenvalue weighted by Gasteiger charge is 2.29. The molecule has 2 aromatic rings. The van der Waals surface area contributed by atoms with E-state index in [4.69, 9.17) is 23.7 Å². The third-order valence-corrected chi connectivity index (χ3v) is 3.92. The van der Waals surface area contributed by atoms with E-state index in [2.05, 4.69) is 0 Å². The SMILES string of the molecule is CCOC(=O)c1cc(OC(=O)[C@@H]2COc3ccccc3O2)cc(C(=O)OCC)c1. The van der Waals surface area contributed by atoms with Crippen molar-refractivity contribution in [2.75, 3.05) is 19.8 Å². The largest absolute Gasteiger partial charge is 0.485 e. The molecule has 152 valence electrons. The van der Waals surface area contributed by atoms with Gasteiger partial charge in [0.1, 0.15) is 12.4 Å². The minimum Gasteiger partial charge on any atom is -0.485 e. The lowest BCUT2D eigenvalue weighted by atomic mass is 10.1. The van der Waals surface area contributed by atoms with Gasteiger partial charge < -0.3 is 23.7 Å². The van der Waals surface area contributed by atoms with Crippen LogP contribution in [0.3, 0.4) is 0 Å². The summed E-state index contributed by atoms with van der Waals surface area (Å²) < 4.78 is 26.4. The zero-order valence-corrected chi connectivity index (χ0v) is 16.0. The van der Waals surface area contributed by atoms with Gasteiger partial charge >= 0.3 is 17.9 Å². The molecule has 8 heteroatoms. The summed E-state index contributed by atoms with van der Waals surface area (Å²) in [5.41, 5.74) is 0.123. The summed E-state index contributed by atoms with van der Waals surface area (Å²) in [5.74, 6) is -1.08. The Labute approximate surface area is 167 Å². The van der Waals surface area contributed by atoms with Gasteiger partial charge in [-0.3, -0.25) is 0 Å². The number of para-hydroxylation sites is 2. The number of hydrogen-bond acceptors (Lipinski definition) is 8. The van der Waals surface area contributed by atoms with Crippen molar-refractivity contribution in [3.05, 3.63) is 53.6 Å². The van der Waals surface area contributed by atoms with Crippen molar-refractivity contribution in [3.8, 4) is 17.2 Å². The van der Waals surface area contributed by atoms with Crippen LogP contribution in [0.5, 0.6) is 17.2 Å². The predicted molar refractivity (Wildman–Crippen MR) is 100 cm³/mol. The second kappa shape index (κ2) is 9.09.